The molecule has 2 aromatic carbocycles. The molecule has 0 unspecified atom stereocenters. The van der Waals surface area contributed by atoms with Gasteiger partial charge in [0.25, 0.3) is 5.91 Å². The molecule has 1 aromatic heterocycles. The van der Waals surface area contributed by atoms with Crippen molar-refractivity contribution in [3.8, 4) is 17.0 Å². The summed E-state index contributed by atoms with van der Waals surface area (Å²) >= 11 is 11.7. The van der Waals surface area contributed by atoms with E-state index in [1.54, 1.807) is 30.3 Å². The zero-order valence-electron chi connectivity index (χ0n) is 16.8. The lowest BCUT2D eigenvalue weighted by Crippen LogP contribution is -2.41. The Morgan fingerprint density at radius 1 is 1.25 bits per heavy atom. The van der Waals surface area contributed by atoms with Gasteiger partial charge in [-0.05, 0) is 42.3 Å². The van der Waals surface area contributed by atoms with Crippen molar-refractivity contribution >= 4 is 34.7 Å². The third-order valence-corrected chi connectivity index (χ3v) is 5.67. The van der Waals surface area contributed by atoms with E-state index in [9.17, 15) is 14.3 Å². The number of ether oxygens (including phenoxy) is 1. The molecule has 166 valence electrons. The molecule has 1 aliphatic rings. The molecule has 0 saturated heterocycles. The summed E-state index contributed by atoms with van der Waals surface area (Å²) in [5.41, 5.74) is 2.15. The number of benzene rings is 2. The van der Waals surface area contributed by atoms with E-state index >= 15 is 0 Å². The van der Waals surface area contributed by atoms with E-state index in [0.717, 1.165) is 0 Å². The molecule has 0 radical (unpaired) electrons. The predicted molar refractivity (Wildman–Crippen MR) is 119 cm³/mol. The monoisotopic (exact) mass is 476 g/mol. The molecule has 9 heteroatoms. The van der Waals surface area contributed by atoms with Gasteiger partial charge in [0.1, 0.15) is 17.3 Å². The van der Waals surface area contributed by atoms with E-state index in [4.69, 9.17) is 32.5 Å². The lowest BCUT2D eigenvalue weighted by molar-refractivity contribution is -0.130. The zero-order valence-corrected chi connectivity index (χ0v) is 18.3. The zero-order chi connectivity index (χ0) is 22.8. The standard InChI is InChI=1S/C23H19Cl2FN2O4/c1-12(21-10-18(28-32-21)13-2-4-16(25)17(26)8-13)6-7-27-23(30)22-11-19(29)15-9-14(24)3-5-20(15)31-22/h2-5,8-10,19,22,29H,1,6-7,11H2,(H,27,30)/t19-,22-/m1/s1. The van der Waals surface area contributed by atoms with Crippen molar-refractivity contribution in [1.82, 2.24) is 10.5 Å². The molecule has 2 atom stereocenters. The highest BCUT2D eigenvalue weighted by atomic mass is 35.5. The van der Waals surface area contributed by atoms with Crippen LogP contribution in [0.2, 0.25) is 10.0 Å². The Hall–Kier alpha value is -2.87. The Morgan fingerprint density at radius 3 is 2.84 bits per heavy atom. The average Bonchev–Trinajstić information content (AvgIpc) is 3.26. The van der Waals surface area contributed by atoms with Gasteiger partial charge in [0.15, 0.2) is 11.9 Å². The first-order valence-electron chi connectivity index (χ1n) is 9.84. The summed E-state index contributed by atoms with van der Waals surface area (Å²) in [6, 6.07) is 10.9. The second kappa shape index (κ2) is 9.32. The average molecular weight is 477 g/mol. The van der Waals surface area contributed by atoms with E-state index in [0.29, 0.717) is 45.3 Å². The minimum absolute atomic E-state index is 0.0272. The van der Waals surface area contributed by atoms with Gasteiger partial charge in [-0.1, -0.05) is 41.0 Å². The van der Waals surface area contributed by atoms with E-state index in [1.807, 2.05) is 0 Å². The summed E-state index contributed by atoms with van der Waals surface area (Å²) in [4.78, 5) is 12.5. The minimum Gasteiger partial charge on any atom is -0.480 e. The van der Waals surface area contributed by atoms with Crippen LogP contribution in [0.4, 0.5) is 4.39 Å². The smallest absolute Gasteiger partial charge is 0.261 e. The van der Waals surface area contributed by atoms with Crippen LogP contribution in [0.3, 0.4) is 0 Å². The Bertz CT molecular complexity index is 1180. The molecule has 1 amide bonds. The van der Waals surface area contributed by atoms with E-state index in [-0.39, 0.29) is 23.9 Å². The van der Waals surface area contributed by atoms with Crippen LogP contribution < -0.4 is 10.1 Å². The topological polar surface area (TPSA) is 84.6 Å². The third kappa shape index (κ3) is 4.80. The van der Waals surface area contributed by atoms with E-state index < -0.39 is 18.0 Å². The number of aromatic nitrogens is 1. The largest absolute Gasteiger partial charge is 0.480 e. The number of aliphatic hydroxyl groups excluding tert-OH is 1. The van der Waals surface area contributed by atoms with Gasteiger partial charge in [-0.3, -0.25) is 4.79 Å². The number of amides is 1. The molecule has 0 saturated carbocycles. The lowest BCUT2D eigenvalue weighted by atomic mass is 9.98. The van der Waals surface area contributed by atoms with Crippen molar-refractivity contribution in [2.24, 2.45) is 0 Å². The van der Waals surface area contributed by atoms with E-state index in [2.05, 4.69) is 17.1 Å². The number of hydrogen-bond acceptors (Lipinski definition) is 5. The molecular formula is C23H19Cl2FN2O4. The number of fused-ring (bicyclic) bond motifs is 1. The highest BCUT2D eigenvalue weighted by Gasteiger charge is 2.31. The van der Waals surface area contributed by atoms with Gasteiger partial charge in [-0.25, -0.2) is 4.39 Å². The van der Waals surface area contributed by atoms with Crippen molar-refractivity contribution < 1.29 is 23.6 Å². The predicted octanol–water partition coefficient (Wildman–Crippen LogP) is 5.19. The SMILES string of the molecule is C=C(CCNC(=O)[C@H]1C[C@@H](O)c2cc(Cl)ccc2O1)c1cc(-c2ccc(Cl)c(F)c2)no1. The number of hydrogen-bond donors (Lipinski definition) is 2. The van der Waals surface area contributed by atoms with Crippen LogP contribution in [0.1, 0.15) is 30.3 Å². The van der Waals surface area contributed by atoms with Crippen LogP contribution in [0.5, 0.6) is 5.75 Å². The van der Waals surface area contributed by atoms with Crippen LogP contribution in [0, 0.1) is 5.82 Å². The molecule has 3 aromatic rings. The number of nitrogens with one attached hydrogen (secondary N) is 1. The molecule has 1 aliphatic heterocycles. The van der Waals surface area contributed by atoms with Gasteiger partial charge >= 0.3 is 0 Å². The van der Waals surface area contributed by atoms with Crippen molar-refractivity contribution in [3.05, 3.63) is 76.2 Å². The fourth-order valence-electron chi connectivity index (χ4n) is 3.39. The van der Waals surface area contributed by atoms with E-state index in [1.165, 1.54) is 12.1 Å². The minimum atomic E-state index is -0.839. The van der Waals surface area contributed by atoms with Crippen LogP contribution in [0.25, 0.3) is 16.8 Å². The summed E-state index contributed by atoms with van der Waals surface area (Å²) in [6.07, 6.45) is -1.13. The third-order valence-electron chi connectivity index (χ3n) is 5.13. The summed E-state index contributed by atoms with van der Waals surface area (Å²) in [5.74, 6) is -0.0198. The van der Waals surface area contributed by atoms with Gasteiger partial charge in [0, 0.05) is 35.2 Å². The molecular weight excluding hydrogens is 458 g/mol. The van der Waals surface area contributed by atoms with Crippen LogP contribution in [-0.2, 0) is 4.79 Å². The normalized spacial score (nSPS) is 17.4. The Kier molecular flexibility index (Phi) is 6.50. The maximum Gasteiger partial charge on any atom is 0.261 e. The molecule has 6 nitrogen and oxygen atoms in total. The van der Waals surface area contributed by atoms with Gasteiger partial charge in [-0.2, -0.15) is 0 Å². The number of halogens is 3. The summed E-state index contributed by atoms with van der Waals surface area (Å²) in [7, 11) is 0. The molecule has 4 rings (SSSR count). The van der Waals surface area contributed by atoms with Gasteiger partial charge in [0.2, 0.25) is 0 Å². The summed E-state index contributed by atoms with van der Waals surface area (Å²) in [5, 5.41) is 17.6. The van der Waals surface area contributed by atoms with Gasteiger partial charge in [0.05, 0.1) is 11.1 Å². The fourth-order valence-corrected chi connectivity index (χ4v) is 3.68. The second-order valence-corrected chi connectivity index (χ2v) is 8.23. The molecule has 0 fully saturated rings. The fraction of sp³-hybridized carbons (Fsp3) is 0.217. The van der Waals surface area contributed by atoms with Crippen LogP contribution in [0.15, 0.2) is 53.6 Å². The number of rotatable bonds is 6. The number of carbonyl (C=O) groups excluding carboxylic acids is 1. The van der Waals surface area contributed by atoms with Crippen molar-refractivity contribution in [3.63, 3.8) is 0 Å². The van der Waals surface area contributed by atoms with Crippen molar-refractivity contribution in [2.75, 3.05) is 6.54 Å². The molecule has 0 spiro atoms. The second-order valence-electron chi connectivity index (χ2n) is 7.39. The number of carbonyl (C=O) groups is 1. The first-order chi connectivity index (χ1) is 15.3. The maximum absolute atomic E-state index is 13.7. The van der Waals surface area contributed by atoms with Crippen molar-refractivity contribution in [2.45, 2.75) is 25.0 Å². The molecule has 0 bridgehead atoms. The Morgan fingerprint density at radius 2 is 2.06 bits per heavy atom. The lowest BCUT2D eigenvalue weighted by Gasteiger charge is -2.28. The Balaban J connectivity index is 1.31. The molecule has 2 heterocycles. The Labute approximate surface area is 193 Å². The van der Waals surface area contributed by atoms with Gasteiger partial charge in [-0.15, -0.1) is 0 Å². The quantitative estimate of drug-likeness (QED) is 0.511. The van der Waals surface area contributed by atoms with Gasteiger partial charge < -0.3 is 19.7 Å². The van der Waals surface area contributed by atoms with Crippen molar-refractivity contribution in [1.29, 1.82) is 0 Å². The first-order valence-corrected chi connectivity index (χ1v) is 10.6. The first kappa shape index (κ1) is 22.3. The van der Waals surface area contributed by atoms with Crippen LogP contribution >= 0.6 is 23.2 Å². The van der Waals surface area contributed by atoms with Crippen LogP contribution in [-0.4, -0.2) is 28.8 Å². The number of nitrogens with zero attached hydrogens (tertiary/aromatic N) is 1. The maximum atomic E-state index is 13.7. The molecule has 32 heavy (non-hydrogen) atoms. The highest BCUT2D eigenvalue weighted by Crippen LogP contribution is 2.36. The highest BCUT2D eigenvalue weighted by molar-refractivity contribution is 6.31. The summed E-state index contributed by atoms with van der Waals surface area (Å²) in [6.45, 7) is 4.24. The molecule has 2 N–H and O–H groups in total. The summed E-state index contributed by atoms with van der Waals surface area (Å²) < 4.78 is 24.7. The molecule has 0 aliphatic carbocycles. The number of aliphatic hydroxyl groups is 1.